The van der Waals surface area contributed by atoms with Crippen molar-refractivity contribution in [1.29, 1.82) is 0 Å². The van der Waals surface area contributed by atoms with Crippen molar-refractivity contribution in [3.8, 4) is 5.75 Å². The van der Waals surface area contributed by atoms with Gasteiger partial charge in [0.15, 0.2) is 0 Å². The minimum absolute atomic E-state index is 0.0280. The van der Waals surface area contributed by atoms with E-state index in [0.29, 0.717) is 42.2 Å². The third-order valence-corrected chi connectivity index (χ3v) is 4.20. The van der Waals surface area contributed by atoms with E-state index in [1.165, 1.54) is 25.3 Å². The summed E-state index contributed by atoms with van der Waals surface area (Å²) in [7, 11) is 1.44. The quantitative estimate of drug-likeness (QED) is 0.274. The highest BCUT2D eigenvalue weighted by atomic mass is 35.5. The smallest absolute Gasteiger partial charge is 0.292 e. The van der Waals surface area contributed by atoms with Crippen molar-refractivity contribution in [2.45, 2.75) is 13.3 Å². The maximum Gasteiger partial charge on any atom is 0.292 e. The van der Waals surface area contributed by atoms with Crippen LogP contribution in [0.15, 0.2) is 30.3 Å². The Labute approximate surface area is 161 Å². The van der Waals surface area contributed by atoms with Crippen molar-refractivity contribution in [1.82, 2.24) is 5.32 Å². The van der Waals surface area contributed by atoms with E-state index in [0.717, 1.165) is 5.56 Å². The number of nitrogen functional groups attached to an aromatic ring is 1. The fourth-order valence-electron chi connectivity index (χ4n) is 2.47. The molecule has 0 aliphatic carbocycles. The number of aryl methyl sites for hydroxylation is 1. The Kier molecular flexibility index (Phi) is 6.84. The van der Waals surface area contributed by atoms with Crippen LogP contribution in [0, 0.1) is 17.0 Å². The highest BCUT2D eigenvalue weighted by Gasteiger charge is 2.15. The number of carbonyl (C=O) groups is 1. The molecule has 0 aliphatic heterocycles. The van der Waals surface area contributed by atoms with Crippen LogP contribution in [0.25, 0.3) is 0 Å². The molecular formula is C18H21ClN4O4. The van der Waals surface area contributed by atoms with Gasteiger partial charge in [0, 0.05) is 25.2 Å². The van der Waals surface area contributed by atoms with Gasteiger partial charge in [-0.3, -0.25) is 14.9 Å². The molecule has 0 spiro atoms. The first-order valence-corrected chi connectivity index (χ1v) is 8.61. The normalized spacial score (nSPS) is 10.3. The van der Waals surface area contributed by atoms with Crippen molar-refractivity contribution in [3.63, 3.8) is 0 Å². The Morgan fingerprint density at radius 2 is 2.04 bits per heavy atom. The van der Waals surface area contributed by atoms with E-state index in [9.17, 15) is 14.9 Å². The largest absolute Gasteiger partial charge is 0.496 e. The molecule has 0 saturated heterocycles. The van der Waals surface area contributed by atoms with Gasteiger partial charge in [0.25, 0.3) is 11.6 Å². The number of carbonyl (C=O) groups excluding carboxylic acids is 1. The Bertz CT molecular complexity index is 857. The number of nitro benzene ring substituents is 1. The summed E-state index contributed by atoms with van der Waals surface area (Å²) >= 11 is 5.96. The van der Waals surface area contributed by atoms with Crippen molar-refractivity contribution < 1.29 is 14.5 Å². The van der Waals surface area contributed by atoms with Gasteiger partial charge in [-0.2, -0.15) is 0 Å². The summed E-state index contributed by atoms with van der Waals surface area (Å²) in [5.74, 6) is -0.00197. The minimum atomic E-state index is -0.422. The van der Waals surface area contributed by atoms with Gasteiger partial charge in [-0.25, -0.2) is 0 Å². The Hall–Kier alpha value is -3.00. The second-order valence-electron chi connectivity index (χ2n) is 5.89. The van der Waals surface area contributed by atoms with Crippen LogP contribution in [-0.2, 0) is 0 Å². The molecule has 0 radical (unpaired) electrons. The zero-order valence-corrected chi connectivity index (χ0v) is 15.8. The van der Waals surface area contributed by atoms with E-state index in [-0.39, 0.29) is 16.6 Å². The molecule has 0 aliphatic rings. The molecular weight excluding hydrogens is 372 g/mol. The number of nitrogens with zero attached hydrogens (tertiary/aromatic N) is 1. The predicted octanol–water partition coefficient (Wildman–Crippen LogP) is 3.38. The van der Waals surface area contributed by atoms with Crippen LogP contribution < -0.4 is 21.1 Å². The number of nitrogens with two attached hydrogens (primary N) is 1. The third kappa shape index (κ3) is 5.24. The Morgan fingerprint density at radius 1 is 1.30 bits per heavy atom. The molecule has 8 nitrogen and oxygen atoms in total. The third-order valence-electron chi connectivity index (χ3n) is 3.87. The molecule has 0 heterocycles. The summed E-state index contributed by atoms with van der Waals surface area (Å²) in [5, 5.41) is 17.2. The molecule has 2 aromatic rings. The van der Waals surface area contributed by atoms with Crippen molar-refractivity contribution in [2.75, 3.05) is 31.2 Å². The minimum Gasteiger partial charge on any atom is -0.496 e. The molecule has 1 amide bonds. The molecule has 4 N–H and O–H groups in total. The van der Waals surface area contributed by atoms with E-state index < -0.39 is 4.92 Å². The van der Waals surface area contributed by atoms with Gasteiger partial charge in [0.05, 0.1) is 28.3 Å². The van der Waals surface area contributed by atoms with Crippen LogP contribution in [0.4, 0.5) is 17.1 Å². The van der Waals surface area contributed by atoms with Crippen LogP contribution in [-0.4, -0.2) is 31.0 Å². The molecule has 0 aromatic heterocycles. The number of ether oxygens (including phenoxy) is 1. The first-order valence-electron chi connectivity index (χ1n) is 8.23. The lowest BCUT2D eigenvalue weighted by Crippen LogP contribution is -2.26. The first-order chi connectivity index (χ1) is 12.8. The van der Waals surface area contributed by atoms with Gasteiger partial charge >= 0.3 is 0 Å². The summed E-state index contributed by atoms with van der Waals surface area (Å²) in [6.45, 7) is 2.63. The number of hydrogen-bond donors (Lipinski definition) is 3. The number of nitro groups is 1. The maximum atomic E-state index is 12.3. The number of nitrogens with one attached hydrogen (secondary N) is 2. The van der Waals surface area contributed by atoms with E-state index in [2.05, 4.69) is 10.6 Å². The van der Waals surface area contributed by atoms with Crippen LogP contribution >= 0.6 is 11.6 Å². The van der Waals surface area contributed by atoms with Crippen molar-refractivity contribution in [3.05, 3.63) is 56.6 Å². The van der Waals surface area contributed by atoms with Gasteiger partial charge in [0.1, 0.15) is 11.4 Å². The number of rotatable bonds is 8. The molecule has 0 bridgehead atoms. The molecule has 27 heavy (non-hydrogen) atoms. The van der Waals surface area contributed by atoms with E-state index >= 15 is 0 Å². The lowest BCUT2D eigenvalue weighted by atomic mass is 10.1. The molecule has 0 fully saturated rings. The summed E-state index contributed by atoms with van der Waals surface area (Å²) in [5.41, 5.74) is 7.61. The van der Waals surface area contributed by atoms with E-state index in [1.54, 1.807) is 19.1 Å². The van der Waals surface area contributed by atoms with E-state index in [1.807, 2.05) is 0 Å². The number of amides is 1. The number of hydrogen-bond acceptors (Lipinski definition) is 6. The zero-order chi connectivity index (χ0) is 20.0. The molecule has 0 saturated carbocycles. The highest BCUT2D eigenvalue weighted by Crippen LogP contribution is 2.29. The number of anilines is 2. The summed E-state index contributed by atoms with van der Waals surface area (Å²) in [6, 6.07) is 7.94. The van der Waals surface area contributed by atoms with Gasteiger partial charge in [-0.05, 0) is 31.0 Å². The predicted molar refractivity (Wildman–Crippen MR) is 106 cm³/mol. The molecule has 9 heteroatoms. The van der Waals surface area contributed by atoms with Crippen molar-refractivity contribution in [2.24, 2.45) is 0 Å². The topological polar surface area (TPSA) is 120 Å². The van der Waals surface area contributed by atoms with Crippen LogP contribution in [0.2, 0.25) is 5.02 Å². The number of benzene rings is 2. The average molecular weight is 393 g/mol. The highest BCUT2D eigenvalue weighted by molar-refractivity contribution is 6.33. The maximum absolute atomic E-state index is 12.3. The standard InChI is InChI=1S/C18H21ClN4O4/c1-11-4-5-15(16(8-11)23(25)26)21-6-3-7-22-18(24)12-9-13(19)14(20)10-17(12)27-2/h4-5,8-10,21H,3,6-7,20H2,1-2H3,(H,22,24). The Morgan fingerprint density at radius 3 is 2.70 bits per heavy atom. The van der Waals surface area contributed by atoms with Gasteiger partial charge in [0.2, 0.25) is 0 Å². The fraction of sp³-hybridized carbons (Fsp3) is 0.278. The fourth-order valence-corrected chi connectivity index (χ4v) is 2.63. The summed E-state index contributed by atoms with van der Waals surface area (Å²) < 4.78 is 5.16. The van der Waals surface area contributed by atoms with E-state index in [4.69, 9.17) is 22.1 Å². The van der Waals surface area contributed by atoms with Crippen LogP contribution in [0.3, 0.4) is 0 Å². The lowest BCUT2D eigenvalue weighted by molar-refractivity contribution is -0.384. The summed E-state index contributed by atoms with van der Waals surface area (Å²) in [6.07, 6.45) is 0.571. The number of methoxy groups -OCH3 is 1. The Balaban J connectivity index is 1.88. The molecule has 0 atom stereocenters. The first kappa shape index (κ1) is 20.3. The lowest BCUT2D eigenvalue weighted by Gasteiger charge is -2.12. The molecule has 0 unspecified atom stereocenters. The van der Waals surface area contributed by atoms with Gasteiger partial charge in [-0.15, -0.1) is 0 Å². The molecule has 2 rings (SSSR count). The van der Waals surface area contributed by atoms with Crippen LogP contribution in [0.5, 0.6) is 5.75 Å². The number of halogens is 1. The SMILES string of the molecule is COc1cc(N)c(Cl)cc1C(=O)NCCCNc1ccc(C)cc1[N+](=O)[O-]. The monoisotopic (exact) mass is 392 g/mol. The van der Waals surface area contributed by atoms with Gasteiger partial charge in [-0.1, -0.05) is 17.7 Å². The van der Waals surface area contributed by atoms with Crippen molar-refractivity contribution >= 4 is 34.6 Å². The summed E-state index contributed by atoms with van der Waals surface area (Å²) in [4.78, 5) is 23.0. The average Bonchev–Trinajstić information content (AvgIpc) is 2.63. The molecule has 2 aromatic carbocycles. The zero-order valence-electron chi connectivity index (χ0n) is 15.0. The van der Waals surface area contributed by atoms with Gasteiger partial charge < -0.3 is 21.1 Å². The second kappa shape index (κ2) is 9.09. The molecule has 144 valence electrons. The second-order valence-corrected chi connectivity index (χ2v) is 6.30. The van der Waals surface area contributed by atoms with Crippen LogP contribution in [0.1, 0.15) is 22.3 Å².